The van der Waals surface area contributed by atoms with Crippen LogP contribution in [0.3, 0.4) is 0 Å². The number of Topliss-reactive ketones (excluding diaryl/α,β-unsaturated/α-hetero) is 1. The van der Waals surface area contributed by atoms with Gasteiger partial charge in [-0.2, -0.15) is 0 Å². The van der Waals surface area contributed by atoms with Crippen LogP contribution in [0.4, 0.5) is 0 Å². The molecule has 184 valence electrons. The predicted octanol–water partition coefficient (Wildman–Crippen LogP) is 2.79. The molecule has 1 aliphatic heterocycles. The van der Waals surface area contributed by atoms with Gasteiger partial charge in [0.05, 0.1) is 44.5 Å². The zero-order valence-corrected chi connectivity index (χ0v) is 19.8. The van der Waals surface area contributed by atoms with Crippen molar-refractivity contribution in [2.45, 2.75) is 6.54 Å². The Morgan fingerprint density at radius 2 is 1.64 bits per heavy atom. The van der Waals surface area contributed by atoms with Crippen LogP contribution >= 0.6 is 0 Å². The lowest BCUT2D eigenvalue weighted by atomic mass is 10.1. The van der Waals surface area contributed by atoms with Crippen LogP contribution in [0.1, 0.15) is 10.4 Å². The normalized spacial score (nSPS) is 12.0. The number of ketones is 1. The van der Waals surface area contributed by atoms with Crippen molar-refractivity contribution in [2.75, 3.05) is 28.1 Å². The van der Waals surface area contributed by atoms with E-state index in [0.29, 0.717) is 40.0 Å². The smallest absolute Gasteiger partial charge is 0.336 e. The van der Waals surface area contributed by atoms with Gasteiger partial charge >= 0.3 is 5.69 Å². The number of carbonyl (C=O) groups excluding carboxylic acids is 1. The standard InChI is InChI=1S/C26H22N2O8/c1-32-17-6-4-5-16(10-17)28-25(30)18-11-22(33-2)23(34-3)12-19(18)27(26(28)31)13-20(29)15-7-8-21-24(9-15)36-14-35-21/h4-12H,13-14H2,1-3H3. The molecule has 0 unspecified atom stereocenters. The summed E-state index contributed by atoms with van der Waals surface area (Å²) in [7, 11) is 4.38. The van der Waals surface area contributed by atoms with E-state index in [1.807, 2.05) is 0 Å². The molecule has 0 atom stereocenters. The Morgan fingerprint density at radius 3 is 2.39 bits per heavy atom. The Balaban J connectivity index is 1.73. The highest BCUT2D eigenvalue weighted by Gasteiger charge is 2.22. The van der Waals surface area contributed by atoms with Crippen LogP contribution in [0, 0.1) is 0 Å². The zero-order valence-electron chi connectivity index (χ0n) is 19.8. The van der Waals surface area contributed by atoms with E-state index in [2.05, 4.69) is 0 Å². The molecular formula is C26H22N2O8. The largest absolute Gasteiger partial charge is 0.497 e. The second kappa shape index (κ2) is 9.14. The molecule has 10 heteroatoms. The van der Waals surface area contributed by atoms with E-state index in [1.54, 1.807) is 42.5 Å². The summed E-state index contributed by atoms with van der Waals surface area (Å²) in [6.45, 7) is -0.265. The fourth-order valence-electron chi connectivity index (χ4n) is 4.13. The number of benzene rings is 3. The number of ether oxygens (including phenoxy) is 5. The minimum atomic E-state index is -0.693. The van der Waals surface area contributed by atoms with Crippen LogP contribution < -0.4 is 34.9 Å². The van der Waals surface area contributed by atoms with E-state index >= 15 is 0 Å². The Morgan fingerprint density at radius 1 is 0.889 bits per heavy atom. The van der Waals surface area contributed by atoms with Gasteiger partial charge in [0, 0.05) is 17.7 Å². The van der Waals surface area contributed by atoms with Crippen LogP contribution in [0.15, 0.2) is 64.2 Å². The number of aromatic nitrogens is 2. The second-order valence-corrected chi connectivity index (χ2v) is 7.93. The van der Waals surface area contributed by atoms with E-state index in [9.17, 15) is 14.4 Å². The number of methoxy groups -OCH3 is 3. The van der Waals surface area contributed by atoms with Crippen LogP contribution in [0.25, 0.3) is 16.6 Å². The SMILES string of the molecule is COc1cccc(-n2c(=O)c3cc(OC)c(OC)cc3n(CC(=O)c3ccc4c(c3)OCO4)c2=O)c1. The number of fused-ring (bicyclic) bond motifs is 2. The minimum absolute atomic E-state index is 0.0736. The number of hydrogen-bond acceptors (Lipinski definition) is 8. The van der Waals surface area contributed by atoms with Crippen molar-refractivity contribution in [3.8, 4) is 34.4 Å². The lowest BCUT2D eigenvalue weighted by Gasteiger charge is -2.16. The quantitative estimate of drug-likeness (QED) is 0.364. The number of carbonyl (C=O) groups is 1. The minimum Gasteiger partial charge on any atom is -0.497 e. The van der Waals surface area contributed by atoms with Crippen LogP contribution in [0.2, 0.25) is 0 Å². The molecule has 0 aliphatic carbocycles. The molecule has 0 N–H and O–H groups in total. The summed E-state index contributed by atoms with van der Waals surface area (Å²) in [6, 6.07) is 14.4. The number of nitrogens with zero attached hydrogens (tertiary/aromatic N) is 2. The van der Waals surface area contributed by atoms with Crippen molar-refractivity contribution < 1.29 is 28.5 Å². The van der Waals surface area contributed by atoms with Gasteiger partial charge in [-0.05, 0) is 36.4 Å². The molecule has 0 amide bonds. The van der Waals surface area contributed by atoms with Crippen molar-refractivity contribution in [1.29, 1.82) is 0 Å². The van der Waals surface area contributed by atoms with Crippen molar-refractivity contribution >= 4 is 16.7 Å². The highest BCUT2D eigenvalue weighted by molar-refractivity contribution is 5.97. The van der Waals surface area contributed by atoms with Gasteiger partial charge in [0.2, 0.25) is 6.79 Å². The molecule has 0 saturated carbocycles. The molecule has 36 heavy (non-hydrogen) atoms. The molecule has 3 aromatic carbocycles. The van der Waals surface area contributed by atoms with Crippen LogP contribution in [-0.4, -0.2) is 43.0 Å². The maximum atomic E-state index is 13.7. The molecule has 1 aromatic heterocycles. The van der Waals surface area contributed by atoms with Crippen LogP contribution in [-0.2, 0) is 6.54 Å². The van der Waals surface area contributed by atoms with Crippen molar-refractivity contribution in [3.63, 3.8) is 0 Å². The predicted molar refractivity (Wildman–Crippen MR) is 130 cm³/mol. The summed E-state index contributed by atoms with van der Waals surface area (Å²) in [5.74, 6) is 1.72. The topological polar surface area (TPSA) is 107 Å². The first-order valence-corrected chi connectivity index (χ1v) is 10.9. The van der Waals surface area contributed by atoms with Gasteiger partial charge in [-0.3, -0.25) is 14.2 Å². The van der Waals surface area contributed by atoms with Gasteiger partial charge in [0.15, 0.2) is 28.8 Å². The van der Waals surface area contributed by atoms with Gasteiger partial charge < -0.3 is 23.7 Å². The van der Waals surface area contributed by atoms with Crippen LogP contribution in [0.5, 0.6) is 28.7 Å². The Hall–Kier alpha value is -4.73. The summed E-state index contributed by atoms with van der Waals surface area (Å²) >= 11 is 0. The number of rotatable bonds is 7. The second-order valence-electron chi connectivity index (χ2n) is 7.93. The lowest BCUT2D eigenvalue weighted by molar-refractivity contribution is 0.0971. The van der Waals surface area contributed by atoms with Crippen molar-refractivity contribution in [3.05, 3.63) is 81.0 Å². The van der Waals surface area contributed by atoms with E-state index in [0.717, 1.165) is 4.57 Å². The molecule has 10 nitrogen and oxygen atoms in total. The van der Waals surface area contributed by atoms with E-state index in [4.69, 9.17) is 23.7 Å². The van der Waals surface area contributed by atoms with Gasteiger partial charge in [0.1, 0.15) is 5.75 Å². The van der Waals surface area contributed by atoms with Gasteiger partial charge in [-0.15, -0.1) is 0 Å². The maximum Gasteiger partial charge on any atom is 0.336 e. The molecule has 2 heterocycles. The first kappa shape index (κ1) is 23.0. The molecule has 0 spiro atoms. The monoisotopic (exact) mass is 490 g/mol. The summed E-state index contributed by atoms with van der Waals surface area (Å²) in [6.07, 6.45) is 0. The summed E-state index contributed by atoms with van der Waals surface area (Å²) in [4.78, 5) is 40.6. The number of hydrogen-bond donors (Lipinski definition) is 0. The van der Waals surface area contributed by atoms with E-state index in [1.165, 1.54) is 38.0 Å². The molecule has 4 aromatic rings. The van der Waals surface area contributed by atoms with Crippen molar-refractivity contribution in [2.24, 2.45) is 0 Å². The summed E-state index contributed by atoms with van der Waals surface area (Å²) in [5.41, 5.74) is -0.404. The summed E-state index contributed by atoms with van der Waals surface area (Å²) in [5, 5.41) is 0.175. The highest BCUT2D eigenvalue weighted by Crippen LogP contribution is 2.33. The average molecular weight is 490 g/mol. The third-order valence-corrected chi connectivity index (χ3v) is 5.96. The Labute approximate surface area is 204 Å². The third kappa shape index (κ3) is 3.82. The molecule has 0 saturated heterocycles. The van der Waals surface area contributed by atoms with Crippen molar-refractivity contribution in [1.82, 2.24) is 9.13 Å². The molecule has 5 rings (SSSR count). The summed E-state index contributed by atoms with van der Waals surface area (Å²) < 4.78 is 28.9. The highest BCUT2D eigenvalue weighted by atomic mass is 16.7. The van der Waals surface area contributed by atoms with Gasteiger partial charge in [0.25, 0.3) is 5.56 Å². The molecular weight excluding hydrogens is 468 g/mol. The zero-order chi connectivity index (χ0) is 25.4. The van der Waals surface area contributed by atoms with E-state index < -0.39 is 11.2 Å². The molecule has 0 fully saturated rings. The fourth-order valence-corrected chi connectivity index (χ4v) is 4.13. The molecule has 0 bridgehead atoms. The van der Waals surface area contributed by atoms with E-state index in [-0.39, 0.29) is 30.0 Å². The third-order valence-electron chi connectivity index (χ3n) is 5.96. The average Bonchev–Trinajstić information content (AvgIpc) is 3.38. The van der Waals surface area contributed by atoms with Gasteiger partial charge in [-0.25, -0.2) is 9.36 Å². The lowest BCUT2D eigenvalue weighted by Crippen LogP contribution is -2.40. The Kier molecular flexibility index (Phi) is 5.85. The first-order chi connectivity index (χ1) is 17.4. The fraction of sp³-hybridized carbons (Fsp3) is 0.192. The molecule has 0 radical (unpaired) electrons. The Bertz CT molecular complexity index is 1620. The maximum absolute atomic E-state index is 13.7. The molecule has 1 aliphatic rings. The van der Waals surface area contributed by atoms with Gasteiger partial charge in [-0.1, -0.05) is 6.07 Å². The first-order valence-electron chi connectivity index (χ1n) is 10.9.